The third kappa shape index (κ3) is 6.15. The average molecular weight is 402 g/mol. The topological polar surface area (TPSA) is 136 Å². The lowest BCUT2D eigenvalue weighted by molar-refractivity contribution is 0.0147. The Bertz CT molecular complexity index is 831. The fraction of sp³-hybridized carbons (Fsp3) is 0.200. The molecule has 0 unspecified atom stereocenters. The lowest BCUT2D eigenvalue weighted by Gasteiger charge is -2.09. The molecule has 0 spiro atoms. The highest BCUT2D eigenvalue weighted by atomic mass is 16.6. The number of ether oxygens (including phenoxy) is 3. The number of benzene rings is 2. The minimum absolute atomic E-state index is 0.00421. The van der Waals surface area contributed by atoms with E-state index in [1.165, 1.54) is 48.5 Å². The highest BCUT2D eigenvalue weighted by Crippen LogP contribution is 2.11. The first kappa shape index (κ1) is 21.6. The number of aromatic carboxylic acids is 2. The van der Waals surface area contributed by atoms with E-state index in [4.69, 9.17) is 24.4 Å². The van der Waals surface area contributed by atoms with Crippen molar-refractivity contribution in [1.82, 2.24) is 0 Å². The molecule has 29 heavy (non-hydrogen) atoms. The fourth-order valence-corrected chi connectivity index (χ4v) is 2.34. The van der Waals surface area contributed by atoms with E-state index in [2.05, 4.69) is 0 Å². The molecular weight excluding hydrogens is 384 g/mol. The molecule has 0 aliphatic carbocycles. The van der Waals surface area contributed by atoms with Gasteiger partial charge in [0, 0.05) is 0 Å². The average Bonchev–Trinajstić information content (AvgIpc) is 2.72. The molecule has 0 amide bonds. The van der Waals surface area contributed by atoms with Crippen molar-refractivity contribution < 1.29 is 43.6 Å². The quantitative estimate of drug-likeness (QED) is 0.452. The molecule has 0 heterocycles. The Morgan fingerprint density at radius 1 is 0.586 bits per heavy atom. The Hall–Kier alpha value is -3.72. The van der Waals surface area contributed by atoms with Gasteiger partial charge in [-0.25, -0.2) is 19.2 Å². The summed E-state index contributed by atoms with van der Waals surface area (Å²) < 4.78 is 15.1. The van der Waals surface area contributed by atoms with E-state index in [9.17, 15) is 19.2 Å². The van der Waals surface area contributed by atoms with Crippen molar-refractivity contribution in [2.45, 2.75) is 0 Å². The minimum Gasteiger partial charge on any atom is -0.478 e. The van der Waals surface area contributed by atoms with Gasteiger partial charge in [-0.15, -0.1) is 0 Å². The van der Waals surface area contributed by atoms with Crippen molar-refractivity contribution in [2.24, 2.45) is 0 Å². The van der Waals surface area contributed by atoms with Crippen LogP contribution in [0, 0.1) is 0 Å². The van der Waals surface area contributed by atoms with Gasteiger partial charge >= 0.3 is 23.9 Å². The Kier molecular flexibility index (Phi) is 7.87. The summed E-state index contributed by atoms with van der Waals surface area (Å²) in [6.07, 6.45) is 0. The number of hydrogen-bond donors (Lipinski definition) is 2. The van der Waals surface area contributed by atoms with Crippen LogP contribution in [0.5, 0.6) is 0 Å². The maximum atomic E-state index is 11.9. The van der Waals surface area contributed by atoms with E-state index in [-0.39, 0.29) is 48.7 Å². The largest absolute Gasteiger partial charge is 0.478 e. The van der Waals surface area contributed by atoms with Crippen molar-refractivity contribution in [3.05, 3.63) is 70.8 Å². The molecule has 0 aliphatic rings. The molecular formula is C20H18O9. The van der Waals surface area contributed by atoms with Gasteiger partial charge in [-0.05, 0) is 24.3 Å². The van der Waals surface area contributed by atoms with E-state index in [0.717, 1.165) is 0 Å². The second-order valence-electron chi connectivity index (χ2n) is 5.59. The fourth-order valence-electron chi connectivity index (χ4n) is 2.34. The number of carbonyl (C=O) groups is 4. The molecule has 0 saturated heterocycles. The third-order valence-corrected chi connectivity index (χ3v) is 3.68. The summed E-state index contributed by atoms with van der Waals surface area (Å²) >= 11 is 0. The second kappa shape index (κ2) is 10.6. The van der Waals surface area contributed by atoms with Gasteiger partial charge in [0.1, 0.15) is 13.2 Å². The van der Waals surface area contributed by atoms with Gasteiger partial charge in [0.05, 0.1) is 35.5 Å². The normalized spacial score (nSPS) is 10.2. The van der Waals surface area contributed by atoms with E-state index < -0.39 is 23.9 Å². The Labute approximate surface area is 165 Å². The highest BCUT2D eigenvalue weighted by molar-refractivity contribution is 6.03. The van der Waals surface area contributed by atoms with E-state index in [0.29, 0.717) is 0 Å². The zero-order valence-corrected chi connectivity index (χ0v) is 15.2. The third-order valence-electron chi connectivity index (χ3n) is 3.68. The monoisotopic (exact) mass is 402 g/mol. The van der Waals surface area contributed by atoms with Crippen molar-refractivity contribution in [1.29, 1.82) is 0 Å². The van der Waals surface area contributed by atoms with Crippen molar-refractivity contribution >= 4 is 23.9 Å². The summed E-state index contributed by atoms with van der Waals surface area (Å²) in [6, 6.07) is 11.3. The van der Waals surface area contributed by atoms with Crippen LogP contribution in [0.15, 0.2) is 48.5 Å². The van der Waals surface area contributed by atoms with Crippen molar-refractivity contribution in [3.63, 3.8) is 0 Å². The van der Waals surface area contributed by atoms with Crippen LogP contribution in [0.25, 0.3) is 0 Å². The van der Waals surface area contributed by atoms with Gasteiger partial charge in [0.2, 0.25) is 0 Å². The summed E-state index contributed by atoms with van der Waals surface area (Å²) in [5, 5.41) is 18.1. The maximum absolute atomic E-state index is 11.9. The van der Waals surface area contributed by atoms with Gasteiger partial charge in [-0.1, -0.05) is 24.3 Å². The number of carboxylic acid groups (broad SMARTS) is 2. The maximum Gasteiger partial charge on any atom is 0.339 e. The molecule has 9 heteroatoms. The summed E-state index contributed by atoms with van der Waals surface area (Å²) in [4.78, 5) is 46.0. The van der Waals surface area contributed by atoms with Crippen LogP contribution < -0.4 is 0 Å². The van der Waals surface area contributed by atoms with Crippen LogP contribution in [-0.4, -0.2) is 60.5 Å². The number of esters is 2. The SMILES string of the molecule is O=C(O)c1ccccc1C(=O)OCCOCCOC(=O)c1ccccc1C(=O)O. The molecule has 0 aromatic heterocycles. The standard InChI is InChI=1S/C20H18O9/c21-17(22)13-5-1-3-7-15(13)19(25)28-11-9-27-10-12-29-20(26)16-8-4-2-6-14(16)18(23)24/h1-8H,9-12H2,(H,21,22)(H,23,24). The van der Waals surface area contributed by atoms with E-state index in [1.807, 2.05) is 0 Å². The van der Waals surface area contributed by atoms with Crippen LogP contribution in [-0.2, 0) is 14.2 Å². The van der Waals surface area contributed by atoms with Gasteiger partial charge in [-0.3, -0.25) is 0 Å². The summed E-state index contributed by atoms with van der Waals surface area (Å²) in [7, 11) is 0. The number of hydrogen-bond acceptors (Lipinski definition) is 7. The molecule has 0 aliphatic heterocycles. The van der Waals surface area contributed by atoms with Crippen LogP contribution >= 0.6 is 0 Å². The van der Waals surface area contributed by atoms with E-state index >= 15 is 0 Å². The molecule has 2 aromatic rings. The van der Waals surface area contributed by atoms with Crippen molar-refractivity contribution in [3.8, 4) is 0 Å². The predicted octanol–water partition coefficient (Wildman–Crippen LogP) is 2.11. The summed E-state index contributed by atoms with van der Waals surface area (Å²) in [6.45, 7) is -0.236. The van der Waals surface area contributed by atoms with Gasteiger partial charge in [-0.2, -0.15) is 0 Å². The number of carbonyl (C=O) groups excluding carboxylic acids is 2. The molecule has 2 N–H and O–H groups in total. The molecule has 0 radical (unpaired) electrons. The first-order valence-electron chi connectivity index (χ1n) is 8.48. The zero-order chi connectivity index (χ0) is 21.2. The van der Waals surface area contributed by atoms with Gasteiger partial charge in [0.25, 0.3) is 0 Å². The Balaban J connectivity index is 1.69. The van der Waals surface area contributed by atoms with Crippen LogP contribution in [0.2, 0.25) is 0 Å². The number of carboxylic acids is 2. The summed E-state index contributed by atoms with van der Waals surface area (Å²) in [5.74, 6) is -4.05. The van der Waals surface area contributed by atoms with Crippen molar-refractivity contribution in [2.75, 3.05) is 26.4 Å². The van der Waals surface area contributed by atoms with Crippen LogP contribution in [0.4, 0.5) is 0 Å². The second-order valence-corrected chi connectivity index (χ2v) is 5.59. The minimum atomic E-state index is -1.24. The Morgan fingerprint density at radius 3 is 1.28 bits per heavy atom. The lowest BCUT2D eigenvalue weighted by Crippen LogP contribution is -2.17. The molecule has 0 fully saturated rings. The Morgan fingerprint density at radius 2 is 0.931 bits per heavy atom. The van der Waals surface area contributed by atoms with E-state index in [1.54, 1.807) is 0 Å². The zero-order valence-electron chi connectivity index (χ0n) is 15.2. The smallest absolute Gasteiger partial charge is 0.339 e. The molecule has 0 saturated carbocycles. The lowest BCUT2D eigenvalue weighted by atomic mass is 10.1. The molecule has 0 bridgehead atoms. The van der Waals surface area contributed by atoms with Gasteiger partial charge in [0.15, 0.2) is 0 Å². The highest BCUT2D eigenvalue weighted by Gasteiger charge is 2.18. The molecule has 2 aromatic carbocycles. The molecule has 0 atom stereocenters. The van der Waals surface area contributed by atoms with Crippen LogP contribution in [0.1, 0.15) is 41.4 Å². The van der Waals surface area contributed by atoms with Gasteiger partial charge < -0.3 is 24.4 Å². The molecule has 9 nitrogen and oxygen atoms in total. The first-order valence-corrected chi connectivity index (χ1v) is 8.48. The van der Waals surface area contributed by atoms with Crippen LogP contribution in [0.3, 0.4) is 0 Å². The predicted molar refractivity (Wildman–Crippen MR) is 98.2 cm³/mol. The number of rotatable bonds is 10. The molecule has 152 valence electrons. The molecule has 2 rings (SSSR count). The summed E-state index contributed by atoms with van der Waals surface area (Å²) in [5.41, 5.74) is -0.448. The first-order chi connectivity index (χ1) is 13.9.